The third-order valence-electron chi connectivity index (χ3n) is 10.3. The Balaban J connectivity index is 1.11. The van der Waals surface area contributed by atoms with Gasteiger partial charge in [-0.1, -0.05) is 23.8 Å². The van der Waals surface area contributed by atoms with Crippen molar-refractivity contribution >= 4 is 48.8 Å². The Morgan fingerprint density at radius 1 is 0.955 bits per heavy atom. The number of nitrogens with one attached hydrogen (secondary N) is 1. The molecule has 10 heteroatoms. The maximum absolute atomic E-state index is 13.5. The van der Waals surface area contributed by atoms with E-state index in [9.17, 15) is 18.0 Å². The molecule has 1 N–H and O–H groups in total. The highest BCUT2D eigenvalue weighted by atomic mass is 32.2. The predicted octanol–water partition coefficient (Wildman–Crippen LogP) is 4.80. The van der Waals surface area contributed by atoms with Gasteiger partial charge in [-0.25, -0.2) is 8.42 Å². The van der Waals surface area contributed by atoms with Gasteiger partial charge in [-0.3, -0.25) is 9.59 Å². The van der Waals surface area contributed by atoms with E-state index in [1.54, 1.807) is 16.2 Å². The molecule has 0 spiro atoms. The second-order valence-electron chi connectivity index (χ2n) is 13.4. The smallest absolute Gasteiger partial charge is 0.255 e. The molecule has 2 aromatic heterocycles. The first-order chi connectivity index (χ1) is 21.1. The first kappa shape index (κ1) is 29.7. The number of H-pyrrole nitrogens is 1. The van der Waals surface area contributed by atoms with E-state index in [1.807, 2.05) is 0 Å². The topological polar surface area (TPSA) is 93.8 Å². The highest BCUT2D eigenvalue weighted by Crippen LogP contribution is 2.42. The number of likely N-dealkylation sites (tertiary alicyclic amines) is 1. The molecule has 44 heavy (non-hydrogen) atoms. The van der Waals surface area contributed by atoms with Gasteiger partial charge in [0.1, 0.15) is 4.83 Å². The van der Waals surface area contributed by atoms with E-state index in [-0.39, 0.29) is 29.2 Å². The van der Waals surface area contributed by atoms with Crippen LogP contribution in [0.25, 0.3) is 27.0 Å². The summed E-state index contributed by atoms with van der Waals surface area (Å²) in [6.45, 7) is 11.5. The van der Waals surface area contributed by atoms with Gasteiger partial charge in [0.2, 0.25) is 5.91 Å². The summed E-state index contributed by atoms with van der Waals surface area (Å²) in [5, 5.41) is 1.15. The van der Waals surface area contributed by atoms with Crippen LogP contribution in [0.3, 0.4) is 0 Å². The SMILES string of the molecule is C=C(C(=O)N1C2CCC1CC2)c1cc2c(CCN3CCC(C(=O)N4CCS(=O)(=O)CC4)C3)c(-c3cc(C)cc(C)c3)[nH]c2s1. The summed E-state index contributed by atoms with van der Waals surface area (Å²) < 4.78 is 23.7. The minimum Gasteiger partial charge on any atom is -0.346 e. The van der Waals surface area contributed by atoms with E-state index in [2.05, 4.69) is 59.5 Å². The second-order valence-corrected chi connectivity index (χ2v) is 16.7. The van der Waals surface area contributed by atoms with Crippen molar-refractivity contribution in [3.8, 4) is 11.3 Å². The minimum absolute atomic E-state index is 0.0692. The van der Waals surface area contributed by atoms with Crippen LogP contribution in [-0.2, 0) is 25.8 Å². The Kier molecular flexibility index (Phi) is 7.74. The molecule has 2 amide bonds. The monoisotopic (exact) mass is 634 g/mol. The van der Waals surface area contributed by atoms with Gasteiger partial charge in [0.15, 0.2) is 9.84 Å². The van der Waals surface area contributed by atoms with E-state index in [1.165, 1.54) is 22.3 Å². The summed E-state index contributed by atoms with van der Waals surface area (Å²) in [5.74, 6) is 0.247. The molecule has 0 aliphatic carbocycles. The number of fused-ring (bicyclic) bond motifs is 3. The molecule has 1 unspecified atom stereocenters. The average molecular weight is 635 g/mol. The quantitative estimate of drug-likeness (QED) is 0.377. The number of thiophene rings is 1. The third-order valence-corrected chi connectivity index (χ3v) is 13.0. The van der Waals surface area contributed by atoms with E-state index >= 15 is 0 Å². The van der Waals surface area contributed by atoms with Crippen LogP contribution < -0.4 is 0 Å². The molecular weight excluding hydrogens is 593 g/mol. The molecule has 2 bridgehead atoms. The lowest BCUT2D eigenvalue weighted by molar-refractivity contribution is -0.134. The molecule has 4 saturated heterocycles. The largest absolute Gasteiger partial charge is 0.346 e. The lowest BCUT2D eigenvalue weighted by Gasteiger charge is -2.29. The lowest BCUT2D eigenvalue weighted by atomic mass is 9.99. The van der Waals surface area contributed by atoms with E-state index < -0.39 is 9.84 Å². The maximum atomic E-state index is 13.5. The number of rotatable bonds is 7. The van der Waals surface area contributed by atoms with Crippen molar-refractivity contribution < 1.29 is 18.0 Å². The molecule has 6 heterocycles. The number of aromatic amines is 1. The number of amides is 2. The molecule has 0 saturated carbocycles. The fourth-order valence-corrected chi connectivity index (χ4v) is 10.3. The van der Waals surface area contributed by atoms with E-state index in [0.717, 1.165) is 72.4 Å². The van der Waals surface area contributed by atoms with Crippen molar-refractivity contribution in [2.24, 2.45) is 5.92 Å². The highest BCUT2D eigenvalue weighted by molar-refractivity contribution is 7.91. The molecule has 234 valence electrons. The zero-order valence-electron chi connectivity index (χ0n) is 25.7. The van der Waals surface area contributed by atoms with Crippen molar-refractivity contribution in [2.75, 3.05) is 44.2 Å². The standard InChI is InChI=1S/C34H42N4O4S2/c1-21-16-22(2)18-25(17-21)31-28(9-11-36-10-8-24(20-36)34(40)37-12-14-44(41,42)15-13-37)29-19-30(43-32(29)35-31)23(3)33(39)38-26-4-5-27(38)7-6-26/h16-19,24,26-27,35H,3-15,20H2,1-2H3. The van der Waals surface area contributed by atoms with Crippen molar-refractivity contribution in [1.29, 1.82) is 0 Å². The van der Waals surface area contributed by atoms with Gasteiger partial charge in [0, 0.05) is 54.1 Å². The number of aryl methyl sites for hydroxylation is 2. The molecule has 1 aromatic carbocycles. The van der Waals surface area contributed by atoms with Crippen molar-refractivity contribution in [3.05, 3.63) is 52.4 Å². The highest BCUT2D eigenvalue weighted by Gasteiger charge is 2.43. The zero-order chi connectivity index (χ0) is 30.7. The molecular formula is C34H42N4O4S2. The zero-order valence-corrected chi connectivity index (χ0v) is 27.4. The fraction of sp³-hybridized carbons (Fsp3) is 0.529. The Hall–Kier alpha value is -2.95. The van der Waals surface area contributed by atoms with Crippen LogP contribution >= 0.6 is 11.3 Å². The summed E-state index contributed by atoms with van der Waals surface area (Å²) in [7, 11) is -3.02. The van der Waals surface area contributed by atoms with Crippen LogP contribution in [0.2, 0.25) is 0 Å². The van der Waals surface area contributed by atoms with Gasteiger partial charge in [0.25, 0.3) is 5.91 Å². The minimum atomic E-state index is -3.02. The number of sulfone groups is 1. The molecule has 4 aliphatic heterocycles. The Labute approximate surface area is 264 Å². The summed E-state index contributed by atoms with van der Waals surface area (Å²) in [6.07, 6.45) is 6.07. The molecule has 4 fully saturated rings. The maximum Gasteiger partial charge on any atom is 0.255 e. The number of aromatic nitrogens is 1. The van der Waals surface area contributed by atoms with Gasteiger partial charge >= 0.3 is 0 Å². The number of carbonyl (C=O) groups is 2. The third kappa shape index (κ3) is 5.54. The van der Waals surface area contributed by atoms with Gasteiger partial charge in [-0.05, 0) is 88.2 Å². The normalized spacial score (nSPS) is 24.9. The molecule has 3 aromatic rings. The summed E-state index contributed by atoms with van der Waals surface area (Å²) >= 11 is 1.62. The van der Waals surface area contributed by atoms with Crippen LogP contribution in [0.15, 0.2) is 30.8 Å². The Morgan fingerprint density at radius 2 is 1.61 bits per heavy atom. The van der Waals surface area contributed by atoms with E-state index in [4.69, 9.17) is 0 Å². The first-order valence-corrected chi connectivity index (χ1v) is 18.7. The summed E-state index contributed by atoms with van der Waals surface area (Å²) in [6, 6.07) is 9.55. The Morgan fingerprint density at radius 3 is 2.27 bits per heavy atom. The van der Waals surface area contributed by atoms with Crippen LogP contribution in [0.5, 0.6) is 0 Å². The van der Waals surface area contributed by atoms with Crippen molar-refractivity contribution in [3.63, 3.8) is 0 Å². The van der Waals surface area contributed by atoms with Gasteiger partial charge in [0.05, 0.1) is 23.1 Å². The van der Waals surface area contributed by atoms with Crippen molar-refractivity contribution in [1.82, 2.24) is 19.7 Å². The number of hydrogen-bond donors (Lipinski definition) is 1. The number of hydrogen-bond acceptors (Lipinski definition) is 6. The predicted molar refractivity (Wildman–Crippen MR) is 176 cm³/mol. The summed E-state index contributed by atoms with van der Waals surface area (Å²) in [4.78, 5) is 38.7. The van der Waals surface area contributed by atoms with Crippen LogP contribution in [0.1, 0.15) is 53.7 Å². The van der Waals surface area contributed by atoms with Gasteiger partial charge in [-0.15, -0.1) is 11.3 Å². The molecule has 0 radical (unpaired) electrons. The number of benzene rings is 1. The molecule has 7 rings (SSSR count). The summed E-state index contributed by atoms with van der Waals surface area (Å²) in [5.41, 5.74) is 6.57. The second kappa shape index (κ2) is 11.4. The fourth-order valence-electron chi connectivity index (χ4n) is 8.01. The van der Waals surface area contributed by atoms with Gasteiger partial charge in [-0.2, -0.15) is 0 Å². The molecule has 1 atom stereocenters. The first-order valence-electron chi connectivity index (χ1n) is 16.0. The number of carbonyl (C=O) groups excluding carboxylic acids is 2. The molecule has 8 nitrogen and oxygen atoms in total. The average Bonchev–Trinajstić information content (AvgIpc) is 3.81. The van der Waals surface area contributed by atoms with Crippen LogP contribution in [-0.4, -0.2) is 96.2 Å². The van der Waals surface area contributed by atoms with E-state index in [0.29, 0.717) is 37.3 Å². The van der Waals surface area contributed by atoms with Gasteiger partial charge < -0.3 is 19.7 Å². The Bertz CT molecular complexity index is 1700. The van der Waals surface area contributed by atoms with Crippen LogP contribution in [0, 0.1) is 19.8 Å². The lowest BCUT2D eigenvalue weighted by Crippen LogP contribution is -2.46. The molecule has 4 aliphatic rings. The van der Waals surface area contributed by atoms with Crippen LogP contribution in [0.4, 0.5) is 0 Å². The van der Waals surface area contributed by atoms with Crippen molar-refractivity contribution in [2.45, 2.75) is 64.5 Å². The number of nitrogens with zero attached hydrogens (tertiary/aromatic N) is 3.